The standard InChI is InChI=1S/C11H17NO7S/c1-6(10(14)17-11(2,3)4)12-9(13)8-7(5-16-12)18-20(15)19-8/h6-8H,5H2,1-4H3/t6-,7-,8?,20?/m1/s1. The second-order valence-corrected chi connectivity index (χ2v) is 6.32. The van der Waals surface area contributed by atoms with Crippen LogP contribution in [0.15, 0.2) is 0 Å². The minimum Gasteiger partial charge on any atom is -0.458 e. The molecule has 8 nitrogen and oxygen atoms in total. The highest BCUT2D eigenvalue weighted by atomic mass is 32.2. The molecule has 0 aromatic rings. The molecule has 0 saturated carbocycles. The highest BCUT2D eigenvalue weighted by molar-refractivity contribution is 7.75. The highest BCUT2D eigenvalue weighted by Gasteiger charge is 2.49. The highest BCUT2D eigenvalue weighted by Crippen LogP contribution is 2.26. The van der Waals surface area contributed by atoms with E-state index < -0.39 is 47.1 Å². The average Bonchev–Trinajstić information content (AvgIpc) is 2.68. The molecule has 2 aliphatic heterocycles. The van der Waals surface area contributed by atoms with E-state index in [0.717, 1.165) is 5.06 Å². The van der Waals surface area contributed by atoms with Crippen molar-refractivity contribution in [3.63, 3.8) is 0 Å². The van der Waals surface area contributed by atoms with Gasteiger partial charge in [-0.1, -0.05) is 0 Å². The third-order valence-corrected chi connectivity index (χ3v) is 3.43. The van der Waals surface area contributed by atoms with Gasteiger partial charge in [0.25, 0.3) is 5.91 Å². The number of hydrogen-bond donors (Lipinski definition) is 0. The number of esters is 1. The molecule has 0 N–H and O–H groups in total. The molecule has 0 radical (unpaired) electrons. The molecule has 2 heterocycles. The number of ether oxygens (including phenoxy) is 1. The van der Waals surface area contributed by atoms with Crippen LogP contribution >= 0.6 is 0 Å². The number of rotatable bonds is 2. The molecule has 0 bridgehead atoms. The number of hydroxylamine groups is 2. The number of fused-ring (bicyclic) bond motifs is 1. The van der Waals surface area contributed by atoms with Gasteiger partial charge in [0.05, 0.1) is 0 Å². The monoisotopic (exact) mass is 307 g/mol. The van der Waals surface area contributed by atoms with Crippen molar-refractivity contribution in [2.45, 2.75) is 51.5 Å². The Kier molecular flexibility index (Phi) is 4.14. The fourth-order valence-corrected chi connectivity index (χ4v) is 2.54. The molecule has 2 rings (SSSR count). The van der Waals surface area contributed by atoms with E-state index in [0.29, 0.717) is 0 Å². The van der Waals surface area contributed by atoms with E-state index in [-0.39, 0.29) is 6.61 Å². The van der Waals surface area contributed by atoms with Gasteiger partial charge in [-0.3, -0.25) is 18.0 Å². The van der Waals surface area contributed by atoms with E-state index in [1.165, 1.54) is 6.92 Å². The molecule has 9 heteroatoms. The third-order valence-electron chi connectivity index (χ3n) is 2.66. The predicted molar refractivity (Wildman–Crippen MR) is 66.0 cm³/mol. The summed E-state index contributed by atoms with van der Waals surface area (Å²) in [6, 6.07) is -0.930. The van der Waals surface area contributed by atoms with Crippen molar-refractivity contribution in [3.05, 3.63) is 0 Å². The van der Waals surface area contributed by atoms with Gasteiger partial charge in [-0.05, 0) is 27.7 Å². The van der Waals surface area contributed by atoms with Crippen LogP contribution in [0.2, 0.25) is 0 Å². The largest absolute Gasteiger partial charge is 0.458 e. The zero-order chi connectivity index (χ0) is 15.1. The van der Waals surface area contributed by atoms with Crippen molar-refractivity contribution < 1.29 is 31.7 Å². The molecule has 1 amide bonds. The van der Waals surface area contributed by atoms with Crippen LogP contribution < -0.4 is 0 Å². The zero-order valence-electron chi connectivity index (χ0n) is 11.7. The summed E-state index contributed by atoms with van der Waals surface area (Å²) in [5.41, 5.74) is -0.665. The fraction of sp³-hybridized carbons (Fsp3) is 0.818. The van der Waals surface area contributed by atoms with Crippen LogP contribution in [0.4, 0.5) is 0 Å². The van der Waals surface area contributed by atoms with Gasteiger partial charge in [-0.25, -0.2) is 9.86 Å². The van der Waals surface area contributed by atoms with E-state index in [1.54, 1.807) is 20.8 Å². The Morgan fingerprint density at radius 2 is 2.10 bits per heavy atom. The topological polar surface area (TPSA) is 91.4 Å². The summed E-state index contributed by atoms with van der Waals surface area (Å²) in [6.45, 7) is 6.64. The lowest BCUT2D eigenvalue weighted by Crippen LogP contribution is -2.56. The summed E-state index contributed by atoms with van der Waals surface area (Å²) in [6.07, 6.45) is -1.74. The molecule has 4 atom stereocenters. The van der Waals surface area contributed by atoms with Crippen LogP contribution in [0.25, 0.3) is 0 Å². The maximum atomic E-state index is 12.1. The SMILES string of the molecule is C[C@H](C(=O)OC(C)(C)C)N1OC[C@H]2OS(=O)OC2C1=O. The molecule has 2 fully saturated rings. The Morgan fingerprint density at radius 1 is 1.45 bits per heavy atom. The lowest BCUT2D eigenvalue weighted by Gasteiger charge is -2.34. The van der Waals surface area contributed by atoms with E-state index in [4.69, 9.17) is 17.9 Å². The van der Waals surface area contributed by atoms with E-state index in [9.17, 15) is 13.8 Å². The van der Waals surface area contributed by atoms with E-state index in [2.05, 4.69) is 0 Å². The molecule has 2 unspecified atom stereocenters. The van der Waals surface area contributed by atoms with Gasteiger partial charge in [0.1, 0.15) is 18.3 Å². The lowest BCUT2D eigenvalue weighted by atomic mass is 10.1. The number of carbonyl (C=O) groups is 2. The second-order valence-electron chi connectivity index (χ2n) is 5.52. The summed E-state index contributed by atoms with van der Waals surface area (Å²) in [5.74, 6) is -1.20. The number of nitrogens with zero attached hydrogens (tertiary/aromatic N) is 1. The van der Waals surface area contributed by atoms with Crippen LogP contribution in [0.5, 0.6) is 0 Å². The molecule has 114 valence electrons. The van der Waals surface area contributed by atoms with Crippen LogP contribution in [0.3, 0.4) is 0 Å². The minimum atomic E-state index is -1.96. The molecule has 0 aliphatic carbocycles. The summed E-state index contributed by atoms with van der Waals surface area (Å²) in [7, 11) is 0. The van der Waals surface area contributed by atoms with Crippen LogP contribution in [0, 0.1) is 0 Å². The van der Waals surface area contributed by atoms with Gasteiger partial charge >= 0.3 is 17.3 Å². The maximum absolute atomic E-state index is 12.1. The van der Waals surface area contributed by atoms with Crippen molar-refractivity contribution in [1.82, 2.24) is 5.06 Å². The summed E-state index contributed by atoms with van der Waals surface area (Å²) < 4.78 is 26.0. The molecule has 0 aromatic carbocycles. The minimum absolute atomic E-state index is 0.0186. The zero-order valence-corrected chi connectivity index (χ0v) is 12.5. The Hall–Kier alpha value is -1.03. The predicted octanol–water partition coefficient (Wildman–Crippen LogP) is -0.147. The van der Waals surface area contributed by atoms with Crippen LogP contribution in [-0.2, 0) is 38.9 Å². The first kappa shape index (κ1) is 15.4. The van der Waals surface area contributed by atoms with Crippen molar-refractivity contribution in [2.75, 3.05) is 6.61 Å². The maximum Gasteiger partial charge on any atom is 0.331 e. The first-order chi connectivity index (χ1) is 9.19. The first-order valence-electron chi connectivity index (χ1n) is 6.14. The average molecular weight is 307 g/mol. The van der Waals surface area contributed by atoms with Gasteiger partial charge in [0.15, 0.2) is 12.1 Å². The summed E-state index contributed by atoms with van der Waals surface area (Å²) >= 11 is -1.96. The van der Waals surface area contributed by atoms with E-state index >= 15 is 0 Å². The molecule has 2 aliphatic rings. The van der Waals surface area contributed by atoms with Crippen LogP contribution in [0.1, 0.15) is 27.7 Å². The fourth-order valence-electron chi connectivity index (χ4n) is 1.76. The van der Waals surface area contributed by atoms with Gasteiger partial charge < -0.3 is 4.74 Å². The van der Waals surface area contributed by atoms with Gasteiger partial charge in [0.2, 0.25) is 0 Å². The van der Waals surface area contributed by atoms with Crippen molar-refractivity contribution in [3.8, 4) is 0 Å². The van der Waals surface area contributed by atoms with Crippen molar-refractivity contribution in [1.29, 1.82) is 0 Å². The molecule has 2 saturated heterocycles. The number of carbonyl (C=O) groups excluding carboxylic acids is 2. The number of amides is 1. The Balaban J connectivity index is 2.04. The summed E-state index contributed by atoms with van der Waals surface area (Å²) in [5, 5.41) is 0.890. The Labute approximate surface area is 119 Å². The first-order valence-corrected chi connectivity index (χ1v) is 7.14. The molecule has 20 heavy (non-hydrogen) atoms. The molecular formula is C11H17NO7S. The molecular weight excluding hydrogens is 290 g/mol. The Bertz CT molecular complexity index is 447. The second kappa shape index (κ2) is 5.40. The lowest BCUT2D eigenvalue weighted by molar-refractivity contribution is -0.237. The molecule has 0 aromatic heterocycles. The Morgan fingerprint density at radius 3 is 2.70 bits per heavy atom. The van der Waals surface area contributed by atoms with Crippen molar-refractivity contribution >= 4 is 23.2 Å². The normalized spacial score (nSPS) is 31.9. The quantitative estimate of drug-likeness (QED) is 0.655. The number of hydrogen-bond acceptors (Lipinski definition) is 7. The third kappa shape index (κ3) is 3.17. The van der Waals surface area contributed by atoms with Gasteiger partial charge in [-0.15, -0.1) is 0 Å². The van der Waals surface area contributed by atoms with Crippen molar-refractivity contribution in [2.24, 2.45) is 0 Å². The van der Waals surface area contributed by atoms with E-state index in [1.807, 2.05) is 0 Å². The van der Waals surface area contributed by atoms with Gasteiger partial charge in [-0.2, -0.15) is 4.21 Å². The summed E-state index contributed by atoms with van der Waals surface area (Å²) in [4.78, 5) is 29.2. The van der Waals surface area contributed by atoms with Crippen LogP contribution in [-0.4, -0.2) is 51.6 Å². The smallest absolute Gasteiger partial charge is 0.331 e. The molecule has 0 spiro atoms. The van der Waals surface area contributed by atoms with Gasteiger partial charge in [0, 0.05) is 0 Å².